The summed E-state index contributed by atoms with van der Waals surface area (Å²) in [5.41, 5.74) is 2.95. The molecule has 0 aliphatic carbocycles. The topological polar surface area (TPSA) is 66.4 Å². The first kappa shape index (κ1) is 24.4. The molecule has 4 aromatic rings. The lowest BCUT2D eigenvalue weighted by atomic mass is 9.67. The molecule has 176 valence electrons. The van der Waals surface area contributed by atoms with Crippen LogP contribution in [0.4, 0.5) is 0 Å². The van der Waals surface area contributed by atoms with Crippen LogP contribution in [0.3, 0.4) is 0 Å². The van der Waals surface area contributed by atoms with E-state index in [1.807, 2.05) is 115 Å². The fraction of sp³-hybridized carbons (Fsp3) is 0.133. The largest absolute Gasteiger partial charge is 0.480 e. The van der Waals surface area contributed by atoms with E-state index in [-0.39, 0.29) is 18.7 Å². The van der Waals surface area contributed by atoms with E-state index < -0.39 is 17.4 Å². The van der Waals surface area contributed by atoms with Crippen molar-refractivity contribution in [3.63, 3.8) is 0 Å². The number of rotatable bonds is 9. The molecule has 0 fully saturated rings. The zero-order valence-corrected chi connectivity index (χ0v) is 20.7. The van der Waals surface area contributed by atoms with Crippen molar-refractivity contribution in [2.75, 3.05) is 0 Å². The maximum absolute atomic E-state index is 13.6. The van der Waals surface area contributed by atoms with Crippen LogP contribution in [-0.2, 0) is 21.4 Å². The summed E-state index contributed by atoms with van der Waals surface area (Å²) in [6, 6.07) is 36.1. The molecule has 1 amide bonds. The second kappa shape index (κ2) is 11.2. The summed E-state index contributed by atoms with van der Waals surface area (Å²) in [7, 11) is 0. The smallest absolute Gasteiger partial charge is 0.326 e. The Bertz CT molecular complexity index is 1160. The van der Waals surface area contributed by atoms with Gasteiger partial charge in [-0.15, -0.1) is 0 Å². The second-order valence-electron chi connectivity index (χ2n) is 8.47. The summed E-state index contributed by atoms with van der Waals surface area (Å²) >= 11 is 3.39. The molecule has 1 atom stereocenters. The normalized spacial score (nSPS) is 12.0. The average Bonchev–Trinajstić information content (AvgIpc) is 2.89. The highest BCUT2D eigenvalue weighted by Crippen LogP contribution is 2.42. The Labute approximate surface area is 213 Å². The predicted octanol–water partition coefficient (Wildman–Crippen LogP) is 5.99. The molecular formula is C30H26BrNO3. The number of hydrogen-bond acceptors (Lipinski definition) is 2. The van der Waals surface area contributed by atoms with E-state index in [4.69, 9.17) is 0 Å². The van der Waals surface area contributed by atoms with E-state index in [0.717, 1.165) is 26.7 Å². The van der Waals surface area contributed by atoms with Crippen molar-refractivity contribution >= 4 is 27.8 Å². The molecule has 0 saturated carbocycles. The lowest BCUT2D eigenvalue weighted by molar-refractivity contribution is -0.141. The number of carbonyl (C=O) groups excluding carboxylic acids is 1. The molecule has 4 rings (SSSR count). The third-order valence-corrected chi connectivity index (χ3v) is 6.74. The summed E-state index contributed by atoms with van der Waals surface area (Å²) in [5, 5.41) is 12.7. The van der Waals surface area contributed by atoms with Gasteiger partial charge in [-0.3, -0.25) is 4.79 Å². The molecule has 35 heavy (non-hydrogen) atoms. The van der Waals surface area contributed by atoms with Gasteiger partial charge >= 0.3 is 5.97 Å². The minimum absolute atomic E-state index is 0.0646. The van der Waals surface area contributed by atoms with E-state index in [1.165, 1.54) is 0 Å². The summed E-state index contributed by atoms with van der Waals surface area (Å²) in [6.07, 6.45) is 0.262. The van der Waals surface area contributed by atoms with Crippen LogP contribution in [0.2, 0.25) is 0 Å². The molecule has 0 aliphatic heterocycles. The predicted molar refractivity (Wildman–Crippen MR) is 141 cm³/mol. The van der Waals surface area contributed by atoms with Crippen LogP contribution in [0.1, 0.15) is 28.7 Å². The number of nitrogens with one attached hydrogen (secondary N) is 1. The number of amides is 1. The van der Waals surface area contributed by atoms with Crippen molar-refractivity contribution in [2.45, 2.75) is 24.3 Å². The molecule has 0 spiro atoms. The van der Waals surface area contributed by atoms with Crippen molar-refractivity contribution < 1.29 is 14.7 Å². The molecule has 4 aromatic carbocycles. The molecule has 0 aromatic heterocycles. The number of hydrogen-bond donors (Lipinski definition) is 2. The van der Waals surface area contributed by atoms with Crippen molar-refractivity contribution in [3.05, 3.63) is 142 Å². The fourth-order valence-electron chi connectivity index (χ4n) is 4.52. The SMILES string of the molecule is O=C(CC(c1ccccc1)(c1ccccc1)c1ccccc1)N[C@@H](Cc1ccc(Br)cc1)C(=O)O. The molecule has 5 heteroatoms. The molecule has 2 N–H and O–H groups in total. The van der Waals surface area contributed by atoms with Crippen LogP contribution < -0.4 is 5.32 Å². The number of carbonyl (C=O) groups is 2. The van der Waals surface area contributed by atoms with Crippen molar-refractivity contribution in [2.24, 2.45) is 0 Å². The summed E-state index contributed by atoms with van der Waals surface area (Å²) in [4.78, 5) is 25.6. The van der Waals surface area contributed by atoms with Crippen LogP contribution >= 0.6 is 15.9 Å². The third-order valence-electron chi connectivity index (χ3n) is 6.21. The van der Waals surface area contributed by atoms with Crippen molar-refractivity contribution in [1.82, 2.24) is 5.32 Å². The lowest BCUT2D eigenvalue weighted by Crippen LogP contribution is -2.45. The highest BCUT2D eigenvalue weighted by Gasteiger charge is 2.39. The van der Waals surface area contributed by atoms with Crippen molar-refractivity contribution in [1.29, 1.82) is 0 Å². The van der Waals surface area contributed by atoms with E-state index in [9.17, 15) is 14.7 Å². The zero-order chi connectivity index (χ0) is 24.7. The van der Waals surface area contributed by atoms with Gasteiger partial charge in [-0.2, -0.15) is 0 Å². The van der Waals surface area contributed by atoms with Gasteiger partial charge in [-0.1, -0.05) is 119 Å². The Balaban J connectivity index is 1.72. The van der Waals surface area contributed by atoms with Crippen LogP contribution in [0.15, 0.2) is 120 Å². The Morgan fingerprint density at radius 3 is 1.54 bits per heavy atom. The van der Waals surface area contributed by atoms with Gasteiger partial charge in [0.15, 0.2) is 0 Å². The molecular weight excluding hydrogens is 502 g/mol. The Hall–Kier alpha value is -3.70. The van der Waals surface area contributed by atoms with Gasteiger partial charge in [0.25, 0.3) is 0 Å². The van der Waals surface area contributed by atoms with Crippen LogP contribution in [0.5, 0.6) is 0 Å². The van der Waals surface area contributed by atoms with Gasteiger partial charge in [0.1, 0.15) is 6.04 Å². The van der Waals surface area contributed by atoms with E-state index in [0.29, 0.717) is 0 Å². The van der Waals surface area contributed by atoms with Crippen LogP contribution in [-0.4, -0.2) is 23.0 Å². The minimum atomic E-state index is -1.06. The highest BCUT2D eigenvalue weighted by molar-refractivity contribution is 9.10. The molecule has 0 saturated heterocycles. The maximum Gasteiger partial charge on any atom is 0.326 e. The van der Waals surface area contributed by atoms with Gasteiger partial charge < -0.3 is 10.4 Å². The van der Waals surface area contributed by atoms with Crippen LogP contribution in [0, 0.1) is 0 Å². The molecule has 0 heterocycles. The van der Waals surface area contributed by atoms with Gasteiger partial charge in [-0.05, 0) is 34.4 Å². The fourth-order valence-corrected chi connectivity index (χ4v) is 4.78. The van der Waals surface area contributed by atoms with Crippen molar-refractivity contribution in [3.8, 4) is 0 Å². The van der Waals surface area contributed by atoms with Gasteiger partial charge in [0.2, 0.25) is 5.91 Å². The number of carboxylic acids is 1. The number of carboxylic acid groups (broad SMARTS) is 1. The Morgan fingerprint density at radius 1 is 0.714 bits per heavy atom. The Morgan fingerprint density at radius 2 is 1.14 bits per heavy atom. The van der Waals surface area contributed by atoms with Gasteiger partial charge in [0, 0.05) is 17.3 Å². The van der Waals surface area contributed by atoms with Gasteiger partial charge in [-0.25, -0.2) is 4.79 Å². The lowest BCUT2D eigenvalue weighted by Gasteiger charge is -2.36. The third kappa shape index (κ3) is 5.69. The first-order chi connectivity index (χ1) is 17.0. The molecule has 0 bridgehead atoms. The highest BCUT2D eigenvalue weighted by atomic mass is 79.9. The first-order valence-corrected chi connectivity index (χ1v) is 12.2. The molecule has 4 nitrogen and oxygen atoms in total. The molecule has 0 radical (unpaired) electrons. The second-order valence-corrected chi connectivity index (χ2v) is 9.38. The average molecular weight is 528 g/mol. The molecule has 0 unspecified atom stereocenters. The molecule has 0 aliphatic rings. The minimum Gasteiger partial charge on any atom is -0.480 e. The summed E-state index contributed by atoms with van der Waals surface area (Å²) in [6.45, 7) is 0. The standard InChI is InChI=1S/C30H26BrNO3/c31-26-18-16-22(17-19-26)20-27(29(34)35)32-28(33)21-30(23-10-4-1-5-11-23,24-12-6-2-7-13-24)25-14-8-3-9-15-25/h1-19,27H,20-21H2,(H,32,33)(H,34,35)/t27-/m0/s1. The van der Waals surface area contributed by atoms with Gasteiger partial charge in [0.05, 0.1) is 5.41 Å². The number of benzene rings is 4. The Kier molecular flexibility index (Phi) is 7.78. The van der Waals surface area contributed by atoms with E-state index >= 15 is 0 Å². The number of halogens is 1. The quantitative estimate of drug-likeness (QED) is 0.263. The zero-order valence-electron chi connectivity index (χ0n) is 19.1. The maximum atomic E-state index is 13.6. The van der Waals surface area contributed by atoms with E-state index in [2.05, 4.69) is 21.2 Å². The monoisotopic (exact) mass is 527 g/mol. The van der Waals surface area contributed by atoms with Crippen LogP contribution in [0.25, 0.3) is 0 Å². The van der Waals surface area contributed by atoms with E-state index in [1.54, 1.807) is 0 Å². The number of aliphatic carboxylic acids is 1. The summed E-state index contributed by atoms with van der Waals surface area (Å²) in [5.74, 6) is -1.39. The summed E-state index contributed by atoms with van der Waals surface area (Å²) < 4.78 is 0.913. The first-order valence-electron chi connectivity index (χ1n) is 11.4.